The fourth-order valence-corrected chi connectivity index (χ4v) is 2.19. The molecule has 2 nitrogen and oxygen atoms in total. The van der Waals surface area contributed by atoms with E-state index in [4.69, 9.17) is 0 Å². The number of anilines is 1. The van der Waals surface area contributed by atoms with Crippen molar-refractivity contribution in [3.8, 4) is 0 Å². The standard InChI is InChI=1S/C16H15NOS/c1-19-12-15(13-8-4-2-5-9-13)16(18)17-14-10-6-3-7-11-14/h2-12H,1H3,(H,17,18)/b15-12+. The summed E-state index contributed by atoms with van der Waals surface area (Å²) in [5.41, 5.74) is 2.40. The van der Waals surface area contributed by atoms with E-state index in [0.717, 1.165) is 11.3 Å². The van der Waals surface area contributed by atoms with Crippen LogP contribution in [0.1, 0.15) is 5.56 Å². The van der Waals surface area contributed by atoms with Crippen LogP contribution in [-0.2, 0) is 4.79 Å². The molecule has 0 heterocycles. The minimum absolute atomic E-state index is 0.0910. The van der Waals surface area contributed by atoms with Crippen molar-refractivity contribution in [1.29, 1.82) is 0 Å². The quantitative estimate of drug-likeness (QED) is 0.849. The van der Waals surface area contributed by atoms with Crippen molar-refractivity contribution in [3.05, 3.63) is 71.6 Å². The molecule has 0 aliphatic rings. The summed E-state index contributed by atoms with van der Waals surface area (Å²) in [5, 5.41) is 4.77. The van der Waals surface area contributed by atoms with Crippen LogP contribution >= 0.6 is 11.8 Å². The number of para-hydroxylation sites is 1. The average molecular weight is 269 g/mol. The summed E-state index contributed by atoms with van der Waals surface area (Å²) in [6, 6.07) is 19.1. The molecule has 0 unspecified atom stereocenters. The highest BCUT2D eigenvalue weighted by atomic mass is 32.2. The molecular formula is C16H15NOS. The highest BCUT2D eigenvalue weighted by Gasteiger charge is 2.11. The molecule has 0 bridgehead atoms. The van der Waals surface area contributed by atoms with E-state index in [0.29, 0.717) is 5.57 Å². The van der Waals surface area contributed by atoms with Crippen LogP contribution in [0.4, 0.5) is 5.69 Å². The van der Waals surface area contributed by atoms with Gasteiger partial charge in [0.05, 0.1) is 5.57 Å². The average Bonchev–Trinajstić information content (AvgIpc) is 2.46. The SMILES string of the molecule is CS/C=C(/C(=O)Nc1ccccc1)c1ccccc1. The molecular weight excluding hydrogens is 254 g/mol. The predicted octanol–water partition coefficient (Wildman–Crippen LogP) is 4.03. The van der Waals surface area contributed by atoms with Gasteiger partial charge in [-0.2, -0.15) is 0 Å². The largest absolute Gasteiger partial charge is 0.322 e. The van der Waals surface area contributed by atoms with Crippen molar-refractivity contribution >= 4 is 28.9 Å². The van der Waals surface area contributed by atoms with Crippen molar-refractivity contribution in [2.75, 3.05) is 11.6 Å². The van der Waals surface area contributed by atoms with E-state index >= 15 is 0 Å². The van der Waals surface area contributed by atoms with Crippen molar-refractivity contribution in [1.82, 2.24) is 0 Å². The third-order valence-electron chi connectivity index (χ3n) is 2.60. The van der Waals surface area contributed by atoms with Gasteiger partial charge in [0, 0.05) is 5.69 Å². The number of carbonyl (C=O) groups is 1. The van der Waals surface area contributed by atoms with E-state index in [1.54, 1.807) is 0 Å². The molecule has 0 saturated heterocycles. The summed E-state index contributed by atoms with van der Waals surface area (Å²) in [4.78, 5) is 12.3. The monoisotopic (exact) mass is 269 g/mol. The van der Waals surface area contributed by atoms with E-state index in [9.17, 15) is 4.79 Å². The number of thioether (sulfide) groups is 1. The molecule has 0 radical (unpaired) electrons. The first-order valence-corrected chi connectivity index (χ1v) is 7.25. The molecule has 96 valence electrons. The zero-order valence-corrected chi connectivity index (χ0v) is 11.5. The lowest BCUT2D eigenvalue weighted by Crippen LogP contribution is -2.13. The normalized spacial score (nSPS) is 11.1. The van der Waals surface area contributed by atoms with Crippen LogP contribution in [-0.4, -0.2) is 12.2 Å². The van der Waals surface area contributed by atoms with Crippen molar-refractivity contribution < 1.29 is 4.79 Å². The number of rotatable bonds is 4. The van der Waals surface area contributed by atoms with Crippen LogP contribution < -0.4 is 5.32 Å². The van der Waals surface area contributed by atoms with Gasteiger partial charge in [0.1, 0.15) is 0 Å². The van der Waals surface area contributed by atoms with Gasteiger partial charge in [-0.15, -0.1) is 11.8 Å². The Labute approximate surface area is 117 Å². The van der Waals surface area contributed by atoms with Crippen LogP contribution in [0.5, 0.6) is 0 Å². The Balaban J connectivity index is 2.21. The second-order valence-electron chi connectivity index (χ2n) is 3.95. The molecule has 0 spiro atoms. The van der Waals surface area contributed by atoms with Gasteiger partial charge in [0.25, 0.3) is 5.91 Å². The van der Waals surface area contributed by atoms with Crippen molar-refractivity contribution in [2.45, 2.75) is 0 Å². The maximum atomic E-state index is 12.3. The van der Waals surface area contributed by atoms with Gasteiger partial charge in [-0.3, -0.25) is 4.79 Å². The first-order valence-electron chi connectivity index (χ1n) is 5.96. The van der Waals surface area contributed by atoms with Gasteiger partial charge >= 0.3 is 0 Å². The Morgan fingerprint density at radius 2 is 1.58 bits per heavy atom. The number of amides is 1. The van der Waals surface area contributed by atoms with Crippen LogP contribution in [0.25, 0.3) is 5.57 Å². The molecule has 0 fully saturated rings. The summed E-state index contributed by atoms with van der Waals surface area (Å²) in [6.45, 7) is 0. The number of carbonyl (C=O) groups excluding carboxylic acids is 1. The maximum Gasteiger partial charge on any atom is 0.256 e. The Morgan fingerprint density at radius 1 is 1.00 bits per heavy atom. The highest BCUT2D eigenvalue weighted by Crippen LogP contribution is 2.19. The van der Waals surface area contributed by atoms with Gasteiger partial charge in [0.15, 0.2) is 0 Å². The molecule has 0 atom stereocenters. The second-order valence-corrected chi connectivity index (χ2v) is 4.66. The second kappa shape index (κ2) is 6.81. The smallest absolute Gasteiger partial charge is 0.256 e. The summed E-state index contributed by atoms with van der Waals surface area (Å²) in [6.07, 6.45) is 1.94. The van der Waals surface area contributed by atoms with Crippen molar-refractivity contribution in [2.24, 2.45) is 0 Å². The molecule has 0 aliphatic heterocycles. The first-order chi connectivity index (χ1) is 9.31. The predicted molar refractivity (Wildman–Crippen MR) is 83.0 cm³/mol. The minimum Gasteiger partial charge on any atom is -0.322 e. The fraction of sp³-hybridized carbons (Fsp3) is 0.0625. The van der Waals surface area contributed by atoms with Crippen LogP contribution in [0.2, 0.25) is 0 Å². The van der Waals surface area contributed by atoms with Crippen molar-refractivity contribution in [3.63, 3.8) is 0 Å². The first kappa shape index (κ1) is 13.4. The zero-order chi connectivity index (χ0) is 13.5. The van der Waals surface area contributed by atoms with E-state index in [-0.39, 0.29) is 5.91 Å². The van der Waals surface area contributed by atoms with Gasteiger partial charge in [-0.25, -0.2) is 0 Å². The Hall–Kier alpha value is -2.00. The molecule has 2 rings (SSSR count). The Kier molecular flexibility index (Phi) is 4.81. The number of benzene rings is 2. The fourth-order valence-electron chi connectivity index (χ4n) is 1.71. The zero-order valence-electron chi connectivity index (χ0n) is 10.7. The lowest BCUT2D eigenvalue weighted by molar-refractivity contribution is -0.111. The lowest BCUT2D eigenvalue weighted by atomic mass is 10.1. The van der Waals surface area contributed by atoms with E-state index in [1.165, 1.54) is 11.8 Å². The number of hydrogen-bond acceptors (Lipinski definition) is 2. The molecule has 0 saturated carbocycles. The van der Waals surface area contributed by atoms with Crippen LogP contribution in [0.3, 0.4) is 0 Å². The number of nitrogens with one attached hydrogen (secondary N) is 1. The molecule has 0 aliphatic carbocycles. The summed E-state index contributed by atoms with van der Waals surface area (Å²) in [5.74, 6) is -0.0910. The molecule has 2 aromatic rings. The molecule has 19 heavy (non-hydrogen) atoms. The van der Waals surface area contributed by atoms with Crippen LogP contribution in [0, 0.1) is 0 Å². The Bertz CT molecular complexity index is 564. The van der Waals surface area contributed by atoms with E-state index in [1.807, 2.05) is 72.3 Å². The summed E-state index contributed by atoms with van der Waals surface area (Å²) >= 11 is 1.52. The Morgan fingerprint density at radius 3 is 2.16 bits per heavy atom. The molecule has 0 aromatic heterocycles. The molecule has 1 N–H and O–H groups in total. The molecule has 2 aromatic carbocycles. The molecule has 1 amide bonds. The lowest BCUT2D eigenvalue weighted by Gasteiger charge is -2.09. The van der Waals surface area contributed by atoms with E-state index < -0.39 is 0 Å². The van der Waals surface area contributed by atoms with Gasteiger partial charge in [0.2, 0.25) is 0 Å². The highest BCUT2D eigenvalue weighted by molar-refractivity contribution is 8.01. The third kappa shape index (κ3) is 3.73. The van der Waals surface area contributed by atoms with Gasteiger partial charge < -0.3 is 5.32 Å². The maximum absolute atomic E-state index is 12.3. The molecule has 3 heteroatoms. The third-order valence-corrected chi connectivity index (χ3v) is 3.07. The number of hydrogen-bond donors (Lipinski definition) is 1. The van der Waals surface area contributed by atoms with Gasteiger partial charge in [-0.1, -0.05) is 48.5 Å². The topological polar surface area (TPSA) is 29.1 Å². The minimum atomic E-state index is -0.0910. The van der Waals surface area contributed by atoms with E-state index in [2.05, 4.69) is 5.32 Å². The summed E-state index contributed by atoms with van der Waals surface area (Å²) in [7, 11) is 0. The van der Waals surface area contributed by atoms with Crippen LogP contribution in [0.15, 0.2) is 66.1 Å². The summed E-state index contributed by atoms with van der Waals surface area (Å²) < 4.78 is 0. The van der Waals surface area contributed by atoms with Gasteiger partial charge in [-0.05, 0) is 29.4 Å².